The van der Waals surface area contributed by atoms with Crippen molar-refractivity contribution in [3.8, 4) is 22.3 Å². The SMILES string of the molecule is CC(=O)c1cccc(/C(C)=N/c2c(-c3ccccc3)cccc2-c2ccccc2)n1. The highest BCUT2D eigenvalue weighted by molar-refractivity contribution is 6.03. The molecule has 0 aliphatic heterocycles. The van der Waals surface area contributed by atoms with Crippen LogP contribution >= 0.6 is 0 Å². The van der Waals surface area contributed by atoms with Crippen LogP contribution in [0, 0.1) is 0 Å². The lowest BCUT2D eigenvalue weighted by atomic mass is 9.96. The fourth-order valence-corrected chi connectivity index (χ4v) is 3.42. The van der Waals surface area contributed by atoms with Gasteiger partial charge in [0.05, 0.1) is 17.1 Å². The molecule has 0 unspecified atom stereocenters. The molecule has 0 fully saturated rings. The summed E-state index contributed by atoms with van der Waals surface area (Å²) in [7, 11) is 0. The minimum absolute atomic E-state index is 0.0562. The fourth-order valence-electron chi connectivity index (χ4n) is 3.42. The summed E-state index contributed by atoms with van der Waals surface area (Å²) in [5.74, 6) is -0.0562. The molecule has 3 nitrogen and oxygen atoms in total. The van der Waals surface area contributed by atoms with E-state index in [-0.39, 0.29) is 5.78 Å². The van der Waals surface area contributed by atoms with Gasteiger partial charge in [0, 0.05) is 18.1 Å². The Bertz CT molecular complexity index is 1150. The Hall–Kier alpha value is -3.85. The number of aliphatic imine (C=N–C) groups is 1. The topological polar surface area (TPSA) is 42.3 Å². The third-order valence-electron chi connectivity index (χ3n) is 4.97. The van der Waals surface area contributed by atoms with Gasteiger partial charge in [-0.1, -0.05) is 84.9 Å². The zero-order chi connectivity index (χ0) is 20.9. The van der Waals surface area contributed by atoms with Gasteiger partial charge in [-0.2, -0.15) is 0 Å². The van der Waals surface area contributed by atoms with E-state index in [0.717, 1.165) is 33.7 Å². The van der Waals surface area contributed by atoms with Crippen molar-refractivity contribution in [2.75, 3.05) is 0 Å². The molecule has 0 aliphatic rings. The number of Topliss-reactive ketones (excluding diaryl/α,β-unsaturated/α-hetero) is 1. The minimum Gasteiger partial charge on any atom is -0.293 e. The first kappa shape index (κ1) is 19.5. The molecule has 0 spiro atoms. The molecule has 0 aliphatic carbocycles. The van der Waals surface area contributed by atoms with Crippen molar-refractivity contribution in [1.29, 1.82) is 0 Å². The number of pyridine rings is 1. The summed E-state index contributed by atoms with van der Waals surface area (Å²) < 4.78 is 0. The van der Waals surface area contributed by atoms with E-state index in [1.54, 1.807) is 6.07 Å². The van der Waals surface area contributed by atoms with Gasteiger partial charge in [-0.25, -0.2) is 4.98 Å². The average Bonchev–Trinajstić information content (AvgIpc) is 2.80. The van der Waals surface area contributed by atoms with Crippen LogP contribution < -0.4 is 0 Å². The number of para-hydroxylation sites is 1. The van der Waals surface area contributed by atoms with Crippen molar-refractivity contribution in [1.82, 2.24) is 4.98 Å². The lowest BCUT2D eigenvalue weighted by Crippen LogP contribution is -2.04. The quantitative estimate of drug-likeness (QED) is 0.279. The van der Waals surface area contributed by atoms with Crippen molar-refractivity contribution in [2.45, 2.75) is 13.8 Å². The summed E-state index contributed by atoms with van der Waals surface area (Å²) in [6.07, 6.45) is 0. The molecule has 0 radical (unpaired) electrons. The molecule has 0 amide bonds. The number of carbonyl (C=O) groups is 1. The number of hydrogen-bond acceptors (Lipinski definition) is 3. The van der Waals surface area contributed by atoms with E-state index in [1.165, 1.54) is 6.92 Å². The average molecular weight is 390 g/mol. The molecule has 1 heterocycles. The van der Waals surface area contributed by atoms with Crippen LogP contribution in [-0.2, 0) is 0 Å². The molecule has 3 aromatic carbocycles. The highest BCUT2D eigenvalue weighted by Gasteiger charge is 2.13. The van der Waals surface area contributed by atoms with Crippen LogP contribution in [0.15, 0.2) is 102 Å². The summed E-state index contributed by atoms with van der Waals surface area (Å²) in [6, 6.07) is 32.2. The van der Waals surface area contributed by atoms with Gasteiger partial charge < -0.3 is 0 Å². The van der Waals surface area contributed by atoms with Gasteiger partial charge >= 0.3 is 0 Å². The largest absolute Gasteiger partial charge is 0.293 e. The number of carbonyl (C=O) groups excluding carboxylic acids is 1. The number of rotatable bonds is 5. The monoisotopic (exact) mass is 390 g/mol. The summed E-state index contributed by atoms with van der Waals surface area (Å²) in [5, 5.41) is 0. The standard InChI is InChI=1S/C27H22N2O/c1-19(25-17-10-18-26(29-25)20(2)30)28-27-23(21-11-5-3-6-12-21)15-9-16-24(27)22-13-7-4-8-14-22/h3-18H,1-2H3/b28-19+. The van der Waals surface area contributed by atoms with Crippen LogP contribution in [0.5, 0.6) is 0 Å². The minimum atomic E-state index is -0.0562. The molecule has 146 valence electrons. The Balaban J connectivity index is 1.92. The number of ketones is 1. The van der Waals surface area contributed by atoms with Crippen LogP contribution in [0.2, 0.25) is 0 Å². The Kier molecular flexibility index (Phi) is 5.62. The lowest BCUT2D eigenvalue weighted by molar-refractivity contribution is 0.101. The number of nitrogens with zero attached hydrogens (tertiary/aromatic N) is 2. The molecule has 0 saturated carbocycles. The molecule has 30 heavy (non-hydrogen) atoms. The zero-order valence-electron chi connectivity index (χ0n) is 17.0. The van der Waals surface area contributed by atoms with Gasteiger partial charge in [0.25, 0.3) is 0 Å². The molecule has 0 bridgehead atoms. The third-order valence-corrected chi connectivity index (χ3v) is 4.97. The second-order valence-electron chi connectivity index (χ2n) is 7.10. The zero-order valence-corrected chi connectivity index (χ0v) is 17.0. The van der Waals surface area contributed by atoms with E-state index in [2.05, 4.69) is 47.4 Å². The molecular formula is C27H22N2O. The third kappa shape index (κ3) is 4.11. The van der Waals surface area contributed by atoms with E-state index >= 15 is 0 Å². The fraction of sp³-hybridized carbons (Fsp3) is 0.0741. The van der Waals surface area contributed by atoms with Gasteiger partial charge in [-0.3, -0.25) is 9.79 Å². The predicted molar refractivity (Wildman–Crippen MR) is 123 cm³/mol. The van der Waals surface area contributed by atoms with E-state index in [9.17, 15) is 4.79 Å². The van der Waals surface area contributed by atoms with Crippen LogP contribution in [0.3, 0.4) is 0 Å². The molecular weight excluding hydrogens is 368 g/mol. The summed E-state index contributed by atoms with van der Waals surface area (Å²) in [6.45, 7) is 3.46. The molecule has 0 atom stereocenters. The molecule has 3 heteroatoms. The molecule has 0 saturated heterocycles. The second-order valence-corrected chi connectivity index (χ2v) is 7.10. The maximum atomic E-state index is 11.8. The second kappa shape index (κ2) is 8.66. The van der Waals surface area contributed by atoms with Gasteiger partial charge in [0.15, 0.2) is 5.78 Å². The lowest BCUT2D eigenvalue weighted by Gasteiger charge is -2.13. The molecule has 4 aromatic rings. The Morgan fingerprint density at radius 1 is 0.633 bits per heavy atom. The Labute approximate surface area is 176 Å². The van der Waals surface area contributed by atoms with Crippen molar-refractivity contribution in [3.63, 3.8) is 0 Å². The predicted octanol–water partition coefficient (Wildman–Crippen LogP) is 6.76. The van der Waals surface area contributed by atoms with Crippen molar-refractivity contribution < 1.29 is 4.79 Å². The van der Waals surface area contributed by atoms with Gasteiger partial charge in [0.2, 0.25) is 0 Å². The van der Waals surface area contributed by atoms with E-state index in [1.807, 2.05) is 55.5 Å². The molecule has 4 rings (SSSR count). The smallest absolute Gasteiger partial charge is 0.178 e. The normalized spacial score (nSPS) is 11.3. The van der Waals surface area contributed by atoms with E-state index < -0.39 is 0 Å². The van der Waals surface area contributed by atoms with Crippen molar-refractivity contribution in [3.05, 3.63) is 108 Å². The summed E-state index contributed by atoms with van der Waals surface area (Å²) in [4.78, 5) is 21.3. The first-order valence-electron chi connectivity index (χ1n) is 9.91. The molecule has 1 aromatic heterocycles. The first-order valence-corrected chi connectivity index (χ1v) is 9.91. The molecule has 0 N–H and O–H groups in total. The highest BCUT2D eigenvalue weighted by atomic mass is 16.1. The van der Waals surface area contributed by atoms with Crippen molar-refractivity contribution >= 4 is 17.2 Å². The Morgan fingerprint density at radius 2 is 1.13 bits per heavy atom. The van der Waals surface area contributed by atoms with E-state index in [4.69, 9.17) is 4.99 Å². The summed E-state index contributed by atoms with van der Waals surface area (Å²) >= 11 is 0. The van der Waals surface area contributed by atoms with Crippen LogP contribution in [0.4, 0.5) is 5.69 Å². The maximum Gasteiger partial charge on any atom is 0.178 e. The number of hydrogen-bond donors (Lipinski definition) is 0. The van der Waals surface area contributed by atoms with Crippen molar-refractivity contribution in [2.24, 2.45) is 4.99 Å². The number of aromatic nitrogens is 1. The van der Waals surface area contributed by atoms with Gasteiger partial charge in [-0.05, 0) is 30.2 Å². The highest BCUT2D eigenvalue weighted by Crippen LogP contribution is 2.39. The van der Waals surface area contributed by atoms with Crippen LogP contribution in [-0.4, -0.2) is 16.5 Å². The van der Waals surface area contributed by atoms with Crippen LogP contribution in [0.1, 0.15) is 30.0 Å². The maximum absolute atomic E-state index is 11.8. The summed E-state index contributed by atoms with van der Waals surface area (Å²) in [5.41, 5.74) is 7.12. The van der Waals surface area contributed by atoms with E-state index in [0.29, 0.717) is 11.4 Å². The van der Waals surface area contributed by atoms with Crippen LogP contribution in [0.25, 0.3) is 22.3 Å². The van der Waals surface area contributed by atoms with Gasteiger partial charge in [-0.15, -0.1) is 0 Å². The van der Waals surface area contributed by atoms with Gasteiger partial charge in [0.1, 0.15) is 5.69 Å². The number of benzene rings is 3. The first-order chi connectivity index (χ1) is 14.6. The Morgan fingerprint density at radius 3 is 1.67 bits per heavy atom.